The van der Waals surface area contributed by atoms with Crippen LogP contribution in [0.25, 0.3) is 0 Å². The van der Waals surface area contributed by atoms with Crippen LogP contribution in [0, 0.1) is 11.3 Å². The molecule has 0 bridgehead atoms. The predicted molar refractivity (Wildman–Crippen MR) is 79.9 cm³/mol. The van der Waals surface area contributed by atoms with Crippen LogP contribution >= 0.6 is 0 Å². The molecule has 0 aliphatic carbocycles. The summed E-state index contributed by atoms with van der Waals surface area (Å²) in [6, 6.07) is 15.5. The maximum Gasteiger partial charge on any atom is 0.338 e. The van der Waals surface area contributed by atoms with Gasteiger partial charge in [0, 0.05) is 0 Å². The highest BCUT2D eigenvalue weighted by Gasteiger charge is 2.08. The molecular formula is C17H15NO4. The first-order valence-corrected chi connectivity index (χ1v) is 6.67. The quantitative estimate of drug-likeness (QED) is 0.606. The summed E-state index contributed by atoms with van der Waals surface area (Å²) in [4.78, 5) is 11.8. The van der Waals surface area contributed by atoms with Gasteiger partial charge in [-0.3, -0.25) is 0 Å². The van der Waals surface area contributed by atoms with E-state index in [0.29, 0.717) is 22.6 Å². The number of rotatable bonds is 6. The predicted octanol–water partition coefficient (Wildman–Crippen LogP) is 2.80. The van der Waals surface area contributed by atoms with Crippen molar-refractivity contribution in [1.82, 2.24) is 0 Å². The molecule has 0 aliphatic heterocycles. The van der Waals surface area contributed by atoms with E-state index >= 15 is 0 Å². The summed E-state index contributed by atoms with van der Waals surface area (Å²) in [6.45, 7) is 0.373. The van der Waals surface area contributed by atoms with E-state index < -0.39 is 5.97 Å². The van der Waals surface area contributed by atoms with Crippen molar-refractivity contribution in [3.05, 3.63) is 59.7 Å². The number of carbonyl (C=O) groups excluding carboxylic acids is 1. The van der Waals surface area contributed by atoms with Crippen molar-refractivity contribution in [3.8, 4) is 17.6 Å². The van der Waals surface area contributed by atoms with E-state index in [1.165, 1.54) is 7.11 Å². The van der Waals surface area contributed by atoms with Crippen LogP contribution in [-0.2, 0) is 4.74 Å². The van der Waals surface area contributed by atoms with Gasteiger partial charge >= 0.3 is 5.97 Å². The maximum absolute atomic E-state index is 11.8. The summed E-state index contributed by atoms with van der Waals surface area (Å²) in [5.41, 5.74) is 0.995. The number of carbonyl (C=O) groups is 1. The highest BCUT2D eigenvalue weighted by atomic mass is 16.6. The van der Waals surface area contributed by atoms with Gasteiger partial charge in [-0.2, -0.15) is 5.26 Å². The van der Waals surface area contributed by atoms with Crippen LogP contribution in [-0.4, -0.2) is 26.3 Å². The summed E-state index contributed by atoms with van der Waals surface area (Å²) in [5, 5.41) is 8.69. The zero-order valence-corrected chi connectivity index (χ0v) is 12.1. The van der Waals surface area contributed by atoms with E-state index in [2.05, 4.69) is 0 Å². The van der Waals surface area contributed by atoms with Crippen molar-refractivity contribution in [3.63, 3.8) is 0 Å². The maximum atomic E-state index is 11.8. The molecule has 0 unspecified atom stereocenters. The Morgan fingerprint density at radius 3 is 2.55 bits per heavy atom. The normalized spacial score (nSPS) is 9.64. The van der Waals surface area contributed by atoms with Crippen LogP contribution in [0.15, 0.2) is 48.5 Å². The van der Waals surface area contributed by atoms with Gasteiger partial charge in [-0.25, -0.2) is 4.79 Å². The monoisotopic (exact) mass is 297 g/mol. The zero-order valence-electron chi connectivity index (χ0n) is 12.1. The Kier molecular flexibility index (Phi) is 5.38. The molecule has 5 nitrogen and oxygen atoms in total. The molecule has 112 valence electrons. The van der Waals surface area contributed by atoms with Crippen LogP contribution < -0.4 is 9.47 Å². The Morgan fingerprint density at radius 2 is 1.86 bits per heavy atom. The van der Waals surface area contributed by atoms with Crippen molar-refractivity contribution in [1.29, 1.82) is 5.26 Å². The van der Waals surface area contributed by atoms with Gasteiger partial charge in [-0.15, -0.1) is 0 Å². The first kappa shape index (κ1) is 15.4. The van der Waals surface area contributed by atoms with Gasteiger partial charge in [-0.05, 0) is 42.5 Å². The minimum Gasteiger partial charge on any atom is -0.497 e. The number of methoxy groups -OCH3 is 1. The number of hydrogen-bond acceptors (Lipinski definition) is 5. The number of nitriles is 1. The number of benzene rings is 2. The molecule has 22 heavy (non-hydrogen) atoms. The second kappa shape index (κ2) is 7.70. The topological polar surface area (TPSA) is 68.6 Å². The largest absolute Gasteiger partial charge is 0.497 e. The summed E-state index contributed by atoms with van der Waals surface area (Å²) >= 11 is 0. The third-order valence-electron chi connectivity index (χ3n) is 2.87. The van der Waals surface area contributed by atoms with Gasteiger partial charge in [0.25, 0.3) is 0 Å². The Balaban J connectivity index is 1.78. The molecule has 0 N–H and O–H groups in total. The molecule has 0 radical (unpaired) electrons. The second-order valence-electron chi connectivity index (χ2n) is 4.35. The van der Waals surface area contributed by atoms with E-state index in [4.69, 9.17) is 19.5 Å². The van der Waals surface area contributed by atoms with Crippen LogP contribution in [0.1, 0.15) is 15.9 Å². The lowest BCUT2D eigenvalue weighted by Crippen LogP contribution is -2.12. The Morgan fingerprint density at radius 1 is 1.09 bits per heavy atom. The summed E-state index contributed by atoms with van der Waals surface area (Å²) in [6.07, 6.45) is 0. The van der Waals surface area contributed by atoms with Gasteiger partial charge in [0.1, 0.15) is 24.7 Å². The highest BCUT2D eigenvalue weighted by molar-refractivity contribution is 5.89. The molecule has 0 amide bonds. The van der Waals surface area contributed by atoms with Crippen molar-refractivity contribution < 1.29 is 19.0 Å². The molecule has 2 aromatic carbocycles. The zero-order chi connectivity index (χ0) is 15.8. The van der Waals surface area contributed by atoms with Gasteiger partial charge in [-0.1, -0.05) is 6.07 Å². The Hall–Kier alpha value is -3.00. The van der Waals surface area contributed by atoms with Crippen LogP contribution in [0.3, 0.4) is 0 Å². The van der Waals surface area contributed by atoms with Crippen LogP contribution in [0.5, 0.6) is 11.5 Å². The van der Waals surface area contributed by atoms with Gasteiger partial charge in [0.2, 0.25) is 0 Å². The molecule has 0 spiro atoms. The van der Waals surface area contributed by atoms with Gasteiger partial charge in [0.05, 0.1) is 24.3 Å². The van der Waals surface area contributed by atoms with E-state index in [9.17, 15) is 4.79 Å². The van der Waals surface area contributed by atoms with Crippen LogP contribution in [0.4, 0.5) is 0 Å². The molecule has 5 heteroatoms. The molecule has 0 atom stereocenters. The fourth-order valence-corrected chi connectivity index (χ4v) is 1.75. The van der Waals surface area contributed by atoms with Crippen LogP contribution in [0.2, 0.25) is 0 Å². The van der Waals surface area contributed by atoms with E-state index in [1.54, 1.807) is 48.5 Å². The molecule has 0 aliphatic rings. The number of ether oxygens (including phenoxy) is 3. The first-order chi connectivity index (χ1) is 10.7. The fraction of sp³-hybridized carbons (Fsp3) is 0.176. The average molecular weight is 297 g/mol. The second-order valence-corrected chi connectivity index (χ2v) is 4.35. The lowest BCUT2D eigenvalue weighted by molar-refractivity contribution is 0.0450. The third kappa shape index (κ3) is 4.25. The first-order valence-electron chi connectivity index (χ1n) is 6.67. The molecule has 2 rings (SSSR count). The smallest absolute Gasteiger partial charge is 0.338 e. The van der Waals surface area contributed by atoms with Crippen molar-refractivity contribution >= 4 is 5.97 Å². The molecule has 0 heterocycles. The lowest BCUT2D eigenvalue weighted by atomic mass is 10.2. The van der Waals surface area contributed by atoms with Crippen molar-refractivity contribution in [2.75, 3.05) is 20.3 Å². The average Bonchev–Trinajstić information content (AvgIpc) is 2.59. The molecule has 0 saturated carbocycles. The summed E-state index contributed by atoms with van der Waals surface area (Å²) in [7, 11) is 1.54. The summed E-state index contributed by atoms with van der Waals surface area (Å²) in [5.74, 6) is 0.794. The fourth-order valence-electron chi connectivity index (χ4n) is 1.75. The van der Waals surface area contributed by atoms with E-state index in [-0.39, 0.29) is 13.2 Å². The van der Waals surface area contributed by atoms with E-state index in [1.807, 2.05) is 6.07 Å². The Labute approximate surface area is 128 Å². The number of hydrogen-bond donors (Lipinski definition) is 0. The number of esters is 1. The van der Waals surface area contributed by atoms with Gasteiger partial charge < -0.3 is 14.2 Å². The Bertz CT molecular complexity index is 674. The van der Waals surface area contributed by atoms with Crippen molar-refractivity contribution in [2.45, 2.75) is 0 Å². The number of nitrogens with zero attached hydrogens (tertiary/aromatic N) is 1. The molecule has 2 aromatic rings. The SMILES string of the molecule is COc1cccc(C(=O)OCCOc2ccc(C#N)cc2)c1. The molecular weight excluding hydrogens is 282 g/mol. The molecule has 0 fully saturated rings. The standard InChI is InChI=1S/C17H15NO4/c1-20-16-4-2-3-14(11-16)17(19)22-10-9-21-15-7-5-13(12-18)6-8-15/h2-8,11H,9-10H2,1H3. The highest BCUT2D eigenvalue weighted by Crippen LogP contribution is 2.14. The third-order valence-corrected chi connectivity index (χ3v) is 2.87. The van der Waals surface area contributed by atoms with Gasteiger partial charge in [0.15, 0.2) is 0 Å². The minimum absolute atomic E-state index is 0.135. The molecule has 0 saturated heterocycles. The molecule has 0 aromatic heterocycles. The van der Waals surface area contributed by atoms with Crippen molar-refractivity contribution in [2.24, 2.45) is 0 Å². The lowest BCUT2D eigenvalue weighted by Gasteiger charge is -2.08. The van der Waals surface area contributed by atoms with E-state index in [0.717, 1.165) is 0 Å². The summed E-state index contributed by atoms with van der Waals surface area (Å²) < 4.78 is 15.6. The minimum atomic E-state index is -0.428.